The van der Waals surface area contributed by atoms with Crippen molar-refractivity contribution in [1.82, 2.24) is 9.97 Å². The van der Waals surface area contributed by atoms with Crippen LogP contribution in [-0.2, 0) is 0 Å². The summed E-state index contributed by atoms with van der Waals surface area (Å²) in [7, 11) is 0. The largest absolute Gasteiger partial charge is 0.478 e. The van der Waals surface area contributed by atoms with Crippen LogP contribution < -0.4 is 0 Å². The van der Waals surface area contributed by atoms with Crippen LogP contribution in [0.5, 0.6) is 0 Å². The van der Waals surface area contributed by atoms with Crippen LogP contribution in [-0.4, -0.2) is 21.0 Å². The highest BCUT2D eigenvalue weighted by atomic mass is 16.4. The van der Waals surface area contributed by atoms with Gasteiger partial charge in [0.05, 0.1) is 11.1 Å². The van der Waals surface area contributed by atoms with Gasteiger partial charge in [0, 0.05) is 5.56 Å². The van der Waals surface area contributed by atoms with Gasteiger partial charge >= 0.3 is 5.97 Å². The van der Waals surface area contributed by atoms with Crippen LogP contribution in [0.25, 0.3) is 22.4 Å². The van der Waals surface area contributed by atoms with Crippen molar-refractivity contribution in [3.63, 3.8) is 0 Å². The van der Waals surface area contributed by atoms with Crippen LogP contribution in [0.3, 0.4) is 0 Å². The minimum atomic E-state index is -0.958. The van der Waals surface area contributed by atoms with Gasteiger partial charge < -0.3 is 10.1 Å². The highest BCUT2D eigenvalue weighted by molar-refractivity contribution is 6.02. The Morgan fingerprint density at radius 2 is 1.80 bits per heavy atom. The third-order valence-electron chi connectivity index (χ3n) is 3.29. The molecule has 0 aliphatic carbocycles. The van der Waals surface area contributed by atoms with Gasteiger partial charge in [-0.1, -0.05) is 29.8 Å². The monoisotopic (exact) mass is 266 g/mol. The van der Waals surface area contributed by atoms with Crippen molar-refractivity contribution < 1.29 is 9.90 Å². The fraction of sp³-hybridized carbons (Fsp3) is 0.125. The van der Waals surface area contributed by atoms with Crippen LogP contribution in [0, 0.1) is 13.8 Å². The Kier molecular flexibility index (Phi) is 2.79. The molecule has 0 radical (unpaired) electrons. The molecule has 100 valence electrons. The smallest absolute Gasteiger partial charge is 0.337 e. The van der Waals surface area contributed by atoms with Crippen LogP contribution >= 0.6 is 0 Å². The Hall–Kier alpha value is -2.62. The van der Waals surface area contributed by atoms with Gasteiger partial charge in [-0.05, 0) is 31.5 Å². The van der Waals surface area contributed by atoms with Gasteiger partial charge in [0.2, 0.25) is 0 Å². The quantitative estimate of drug-likeness (QED) is 0.745. The lowest BCUT2D eigenvalue weighted by Gasteiger charge is -1.97. The van der Waals surface area contributed by atoms with Gasteiger partial charge in [-0.15, -0.1) is 0 Å². The number of aryl methyl sites for hydroxylation is 2. The van der Waals surface area contributed by atoms with E-state index in [0.29, 0.717) is 11.3 Å². The first kappa shape index (κ1) is 12.4. The lowest BCUT2D eigenvalue weighted by molar-refractivity contribution is 0.0698. The van der Waals surface area contributed by atoms with Crippen LogP contribution in [0.2, 0.25) is 0 Å². The number of hydrogen-bond acceptors (Lipinski definition) is 2. The summed E-state index contributed by atoms with van der Waals surface area (Å²) in [6.45, 7) is 3.90. The Morgan fingerprint density at radius 1 is 1.10 bits per heavy atom. The van der Waals surface area contributed by atoms with Crippen molar-refractivity contribution in [2.75, 3.05) is 0 Å². The van der Waals surface area contributed by atoms with Crippen molar-refractivity contribution in [2.24, 2.45) is 0 Å². The summed E-state index contributed by atoms with van der Waals surface area (Å²) < 4.78 is 0. The number of benzene rings is 2. The topological polar surface area (TPSA) is 66.0 Å². The molecule has 4 heteroatoms. The molecule has 0 atom stereocenters. The summed E-state index contributed by atoms with van der Waals surface area (Å²) >= 11 is 0. The minimum absolute atomic E-state index is 0.231. The lowest BCUT2D eigenvalue weighted by Crippen LogP contribution is -1.98. The Labute approximate surface area is 116 Å². The van der Waals surface area contributed by atoms with Gasteiger partial charge in [0.25, 0.3) is 0 Å². The number of H-pyrrole nitrogens is 1. The number of nitrogens with one attached hydrogen (secondary N) is 1. The number of hydrogen-bond donors (Lipinski definition) is 2. The number of fused-ring (bicyclic) bond motifs is 1. The zero-order chi connectivity index (χ0) is 14.3. The maximum Gasteiger partial charge on any atom is 0.337 e. The average molecular weight is 266 g/mol. The van der Waals surface area contributed by atoms with E-state index in [4.69, 9.17) is 0 Å². The molecule has 20 heavy (non-hydrogen) atoms. The van der Waals surface area contributed by atoms with E-state index in [1.165, 1.54) is 5.56 Å². The van der Waals surface area contributed by atoms with E-state index in [9.17, 15) is 9.90 Å². The van der Waals surface area contributed by atoms with Gasteiger partial charge in [0.15, 0.2) is 0 Å². The molecule has 1 aromatic heterocycles. The molecule has 0 bridgehead atoms. The third kappa shape index (κ3) is 2.05. The zero-order valence-electron chi connectivity index (χ0n) is 11.3. The molecule has 4 nitrogen and oxygen atoms in total. The van der Waals surface area contributed by atoms with E-state index in [-0.39, 0.29) is 5.56 Å². The number of imidazole rings is 1. The average Bonchev–Trinajstić information content (AvgIpc) is 2.81. The molecule has 0 aliphatic rings. The maximum absolute atomic E-state index is 11.3. The fourth-order valence-electron chi connectivity index (χ4n) is 2.27. The third-order valence-corrected chi connectivity index (χ3v) is 3.29. The molecule has 2 N–H and O–H groups in total. The number of aromatic amines is 1. The number of nitrogens with zero attached hydrogens (tertiary/aromatic N) is 1. The summed E-state index contributed by atoms with van der Waals surface area (Å²) in [5.41, 5.74) is 4.49. The zero-order valence-corrected chi connectivity index (χ0v) is 11.3. The van der Waals surface area contributed by atoms with E-state index in [2.05, 4.69) is 9.97 Å². The molecule has 0 unspecified atom stereocenters. The molecule has 1 heterocycles. The van der Waals surface area contributed by atoms with Gasteiger partial charge in [-0.25, -0.2) is 9.78 Å². The second kappa shape index (κ2) is 4.49. The first-order chi connectivity index (χ1) is 9.54. The summed E-state index contributed by atoms with van der Waals surface area (Å²) in [5, 5.41) is 9.27. The van der Waals surface area contributed by atoms with Crippen molar-refractivity contribution >= 4 is 17.0 Å². The Morgan fingerprint density at radius 3 is 2.45 bits per heavy atom. The fourth-order valence-corrected chi connectivity index (χ4v) is 2.27. The van der Waals surface area contributed by atoms with Crippen molar-refractivity contribution in [1.29, 1.82) is 0 Å². The summed E-state index contributed by atoms with van der Waals surface area (Å²) in [6, 6.07) is 11.5. The number of carboxylic acids is 1. The van der Waals surface area contributed by atoms with Crippen molar-refractivity contribution in [3.8, 4) is 11.4 Å². The van der Waals surface area contributed by atoms with E-state index in [1.807, 2.05) is 44.2 Å². The van der Waals surface area contributed by atoms with E-state index in [1.54, 1.807) is 6.07 Å². The van der Waals surface area contributed by atoms with E-state index >= 15 is 0 Å². The first-order valence-electron chi connectivity index (χ1n) is 6.35. The molecular formula is C16H14N2O2. The molecule has 3 aromatic rings. The summed E-state index contributed by atoms with van der Waals surface area (Å²) in [4.78, 5) is 18.9. The van der Waals surface area contributed by atoms with Crippen molar-refractivity contribution in [3.05, 3.63) is 53.1 Å². The molecule has 0 spiro atoms. The highest BCUT2D eigenvalue weighted by Crippen LogP contribution is 2.24. The highest BCUT2D eigenvalue weighted by Gasteiger charge is 2.14. The van der Waals surface area contributed by atoms with Gasteiger partial charge in [-0.2, -0.15) is 0 Å². The van der Waals surface area contributed by atoms with Crippen LogP contribution in [0.4, 0.5) is 0 Å². The summed E-state index contributed by atoms with van der Waals surface area (Å²) in [5.74, 6) is -0.270. The predicted molar refractivity (Wildman–Crippen MR) is 78.0 cm³/mol. The molecule has 0 amide bonds. The van der Waals surface area contributed by atoms with E-state index in [0.717, 1.165) is 16.6 Å². The molecule has 0 saturated carbocycles. The second-order valence-corrected chi connectivity index (χ2v) is 4.97. The second-order valence-electron chi connectivity index (χ2n) is 4.97. The molecule has 3 rings (SSSR count). The van der Waals surface area contributed by atoms with Crippen molar-refractivity contribution in [2.45, 2.75) is 13.8 Å². The molecule has 0 aliphatic heterocycles. The Balaban J connectivity index is 2.22. The van der Waals surface area contributed by atoms with Crippen LogP contribution in [0.15, 0.2) is 36.4 Å². The molecular weight excluding hydrogens is 252 g/mol. The number of aromatic nitrogens is 2. The standard InChI is InChI=1S/C16H14N2O2/c1-9-3-5-11(6-4-9)15-17-13-8-10(2)7-12(16(19)20)14(13)18-15/h3-8H,1-2H3,(H,17,18)(H,19,20). The first-order valence-corrected chi connectivity index (χ1v) is 6.35. The predicted octanol–water partition coefficient (Wildman–Crippen LogP) is 3.54. The number of aromatic carboxylic acids is 1. The van der Waals surface area contributed by atoms with Gasteiger partial charge in [-0.3, -0.25) is 0 Å². The maximum atomic E-state index is 11.3. The molecule has 0 saturated heterocycles. The normalized spacial score (nSPS) is 10.9. The number of rotatable bonds is 2. The van der Waals surface area contributed by atoms with E-state index < -0.39 is 5.97 Å². The Bertz CT molecular complexity index is 801. The SMILES string of the molecule is Cc1ccc(-c2nc3c(C(=O)O)cc(C)cc3[nH]2)cc1. The minimum Gasteiger partial charge on any atom is -0.478 e. The number of carbonyl (C=O) groups is 1. The van der Waals surface area contributed by atoms with Gasteiger partial charge in [0.1, 0.15) is 11.3 Å². The van der Waals surface area contributed by atoms with Crippen LogP contribution in [0.1, 0.15) is 21.5 Å². The lowest BCUT2D eigenvalue weighted by atomic mass is 10.1. The summed E-state index contributed by atoms with van der Waals surface area (Å²) in [6.07, 6.45) is 0. The number of carboxylic acid groups (broad SMARTS) is 1. The molecule has 2 aromatic carbocycles. The molecule has 0 fully saturated rings.